The van der Waals surface area contributed by atoms with Gasteiger partial charge < -0.3 is 19.4 Å². The van der Waals surface area contributed by atoms with Gasteiger partial charge in [-0.15, -0.1) is 0 Å². The predicted molar refractivity (Wildman–Crippen MR) is 76.1 cm³/mol. The van der Waals surface area contributed by atoms with E-state index < -0.39 is 0 Å². The summed E-state index contributed by atoms with van der Waals surface area (Å²) in [5.41, 5.74) is 1.07. The van der Waals surface area contributed by atoms with Crippen molar-refractivity contribution in [2.24, 2.45) is 0 Å². The Morgan fingerprint density at radius 2 is 2.24 bits per heavy atom. The summed E-state index contributed by atoms with van der Waals surface area (Å²) in [6.45, 7) is 2.12. The molecule has 0 bridgehead atoms. The molecule has 1 aromatic carbocycles. The fourth-order valence-electron chi connectivity index (χ4n) is 2.53. The van der Waals surface area contributed by atoms with E-state index in [1.54, 1.807) is 7.11 Å². The SMILES string of the molecule is COc1ccc([C@@H]2CNCCN2C(=O)c2cnco2)cc1. The highest BCUT2D eigenvalue weighted by atomic mass is 16.5. The van der Waals surface area contributed by atoms with E-state index in [0.717, 1.165) is 17.9 Å². The standard InChI is InChI=1S/C15H17N3O3/c1-20-12-4-2-11(3-5-12)13-8-16-6-7-18(13)15(19)14-9-17-10-21-14/h2-5,9-10,13,16H,6-8H2,1H3/t13-/m0/s1. The minimum Gasteiger partial charge on any atom is -0.497 e. The van der Waals surface area contributed by atoms with Crippen molar-refractivity contribution in [1.82, 2.24) is 15.2 Å². The lowest BCUT2D eigenvalue weighted by atomic mass is 10.0. The summed E-state index contributed by atoms with van der Waals surface area (Å²) in [6, 6.07) is 7.75. The van der Waals surface area contributed by atoms with Gasteiger partial charge in [0.2, 0.25) is 5.76 Å². The number of ether oxygens (including phenoxy) is 1. The van der Waals surface area contributed by atoms with Gasteiger partial charge in [0, 0.05) is 19.6 Å². The molecule has 1 aliphatic heterocycles. The minimum atomic E-state index is -0.130. The molecule has 6 nitrogen and oxygen atoms in total. The molecule has 3 rings (SSSR count). The second-order valence-electron chi connectivity index (χ2n) is 4.86. The van der Waals surface area contributed by atoms with Gasteiger partial charge in [0.05, 0.1) is 19.3 Å². The predicted octanol–water partition coefficient (Wildman–Crippen LogP) is 1.47. The second-order valence-corrected chi connectivity index (χ2v) is 4.86. The third kappa shape index (κ3) is 2.75. The monoisotopic (exact) mass is 287 g/mol. The van der Waals surface area contributed by atoms with Crippen LogP contribution in [-0.4, -0.2) is 42.5 Å². The van der Waals surface area contributed by atoms with Crippen LogP contribution in [-0.2, 0) is 0 Å². The molecule has 0 unspecified atom stereocenters. The highest BCUT2D eigenvalue weighted by Crippen LogP contribution is 2.25. The molecule has 1 fully saturated rings. The molecule has 6 heteroatoms. The third-order valence-electron chi connectivity index (χ3n) is 3.65. The summed E-state index contributed by atoms with van der Waals surface area (Å²) in [6.07, 6.45) is 2.73. The number of amides is 1. The van der Waals surface area contributed by atoms with E-state index >= 15 is 0 Å². The fraction of sp³-hybridized carbons (Fsp3) is 0.333. The van der Waals surface area contributed by atoms with Gasteiger partial charge in [0.25, 0.3) is 5.91 Å². The van der Waals surface area contributed by atoms with Crippen molar-refractivity contribution in [3.8, 4) is 5.75 Å². The maximum Gasteiger partial charge on any atom is 0.291 e. The Morgan fingerprint density at radius 3 is 2.90 bits per heavy atom. The van der Waals surface area contributed by atoms with Crippen LogP contribution in [0, 0.1) is 0 Å². The highest BCUT2D eigenvalue weighted by Gasteiger charge is 2.30. The number of benzene rings is 1. The first-order valence-electron chi connectivity index (χ1n) is 6.83. The average molecular weight is 287 g/mol. The summed E-state index contributed by atoms with van der Waals surface area (Å²) in [5.74, 6) is 0.945. The number of nitrogens with zero attached hydrogens (tertiary/aromatic N) is 2. The van der Waals surface area contributed by atoms with Crippen LogP contribution >= 0.6 is 0 Å². The molecular weight excluding hydrogens is 270 g/mol. The molecule has 1 aromatic heterocycles. The Morgan fingerprint density at radius 1 is 1.43 bits per heavy atom. The zero-order chi connectivity index (χ0) is 14.7. The van der Waals surface area contributed by atoms with Crippen molar-refractivity contribution in [2.45, 2.75) is 6.04 Å². The molecule has 21 heavy (non-hydrogen) atoms. The second kappa shape index (κ2) is 5.97. The summed E-state index contributed by atoms with van der Waals surface area (Å²) < 4.78 is 10.3. The molecule has 1 N–H and O–H groups in total. The van der Waals surface area contributed by atoms with E-state index in [1.807, 2.05) is 29.2 Å². The van der Waals surface area contributed by atoms with Gasteiger partial charge in [-0.1, -0.05) is 12.1 Å². The Labute approximate surface area is 122 Å². The van der Waals surface area contributed by atoms with Gasteiger partial charge in [-0.05, 0) is 17.7 Å². The molecular formula is C15H17N3O3. The number of nitrogens with one attached hydrogen (secondary N) is 1. The molecule has 0 radical (unpaired) electrons. The quantitative estimate of drug-likeness (QED) is 0.926. The van der Waals surface area contributed by atoms with Gasteiger partial charge in [0.1, 0.15) is 5.75 Å². The van der Waals surface area contributed by atoms with Crippen molar-refractivity contribution in [1.29, 1.82) is 0 Å². The summed E-state index contributed by atoms with van der Waals surface area (Å²) in [5, 5.41) is 3.32. The summed E-state index contributed by atoms with van der Waals surface area (Å²) in [4.78, 5) is 18.1. The lowest BCUT2D eigenvalue weighted by molar-refractivity contribution is 0.0601. The van der Waals surface area contributed by atoms with Crippen LogP contribution in [0.1, 0.15) is 22.2 Å². The maximum atomic E-state index is 12.5. The Kier molecular flexibility index (Phi) is 3.87. The van der Waals surface area contributed by atoms with E-state index in [-0.39, 0.29) is 17.7 Å². The van der Waals surface area contributed by atoms with Crippen molar-refractivity contribution in [3.05, 3.63) is 48.2 Å². The van der Waals surface area contributed by atoms with E-state index in [1.165, 1.54) is 12.6 Å². The van der Waals surface area contributed by atoms with Gasteiger partial charge in [0.15, 0.2) is 6.39 Å². The van der Waals surface area contributed by atoms with E-state index in [9.17, 15) is 4.79 Å². The van der Waals surface area contributed by atoms with Crippen LogP contribution in [0.5, 0.6) is 5.75 Å². The van der Waals surface area contributed by atoms with Crippen LogP contribution in [0.3, 0.4) is 0 Å². The first-order valence-corrected chi connectivity index (χ1v) is 6.83. The van der Waals surface area contributed by atoms with Crippen LogP contribution in [0.15, 0.2) is 41.3 Å². The van der Waals surface area contributed by atoms with Crippen LogP contribution in [0.25, 0.3) is 0 Å². The van der Waals surface area contributed by atoms with Crippen molar-refractivity contribution < 1.29 is 13.9 Å². The lowest BCUT2D eigenvalue weighted by Crippen LogP contribution is -2.48. The molecule has 1 aliphatic rings. The van der Waals surface area contributed by atoms with Crippen molar-refractivity contribution in [2.75, 3.05) is 26.7 Å². The zero-order valence-electron chi connectivity index (χ0n) is 11.8. The first kappa shape index (κ1) is 13.6. The van der Waals surface area contributed by atoms with Gasteiger partial charge in [-0.3, -0.25) is 4.79 Å². The molecule has 1 saturated heterocycles. The molecule has 0 aliphatic carbocycles. The lowest BCUT2D eigenvalue weighted by Gasteiger charge is -2.36. The summed E-state index contributed by atoms with van der Waals surface area (Å²) in [7, 11) is 1.64. The summed E-state index contributed by atoms with van der Waals surface area (Å²) >= 11 is 0. The van der Waals surface area contributed by atoms with E-state index in [0.29, 0.717) is 13.1 Å². The number of hydrogen-bond acceptors (Lipinski definition) is 5. The maximum absolute atomic E-state index is 12.5. The van der Waals surface area contributed by atoms with E-state index in [2.05, 4.69) is 10.3 Å². The largest absolute Gasteiger partial charge is 0.497 e. The smallest absolute Gasteiger partial charge is 0.291 e. The number of methoxy groups -OCH3 is 1. The Bertz CT molecular complexity index is 595. The Balaban J connectivity index is 1.85. The fourth-order valence-corrected chi connectivity index (χ4v) is 2.53. The molecule has 1 amide bonds. The minimum absolute atomic E-state index is 0.0257. The number of carbonyl (C=O) groups excluding carboxylic acids is 1. The normalized spacial score (nSPS) is 18.5. The molecule has 0 saturated carbocycles. The van der Waals surface area contributed by atoms with E-state index in [4.69, 9.17) is 9.15 Å². The van der Waals surface area contributed by atoms with Gasteiger partial charge >= 0.3 is 0 Å². The number of piperazine rings is 1. The zero-order valence-corrected chi connectivity index (χ0v) is 11.8. The van der Waals surface area contributed by atoms with Crippen molar-refractivity contribution >= 4 is 5.91 Å². The van der Waals surface area contributed by atoms with Crippen molar-refractivity contribution in [3.63, 3.8) is 0 Å². The third-order valence-corrected chi connectivity index (χ3v) is 3.65. The molecule has 2 aromatic rings. The van der Waals surface area contributed by atoms with Crippen LogP contribution in [0.4, 0.5) is 0 Å². The molecule has 2 heterocycles. The van der Waals surface area contributed by atoms with Gasteiger partial charge in [-0.2, -0.15) is 0 Å². The topological polar surface area (TPSA) is 67.6 Å². The first-order chi connectivity index (χ1) is 10.3. The Hall–Kier alpha value is -2.34. The van der Waals surface area contributed by atoms with Crippen LogP contribution < -0.4 is 10.1 Å². The number of rotatable bonds is 3. The van der Waals surface area contributed by atoms with Gasteiger partial charge in [-0.25, -0.2) is 4.98 Å². The average Bonchev–Trinajstić information content (AvgIpc) is 3.09. The van der Waals surface area contributed by atoms with Crippen LogP contribution in [0.2, 0.25) is 0 Å². The molecule has 110 valence electrons. The number of oxazole rings is 1. The molecule has 0 spiro atoms. The number of hydrogen-bond donors (Lipinski definition) is 1. The number of carbonyl (C=O) groups is 1. The molecule has 1 atom stereocenters. The number of aromatic nitrogens is 1. The highest BCUT2D eigenvalue weighted by molar-refractivity contribution is 5.91.